The summed E-state index contributed by atoms with van der Waals surface area (Å²) in [4.78, 5) is 14.9. The molecule has 1 aromatic carbocycles. The lowest BCUT2D eigenvalue weighted by Crippen LogP contribution is -2.45. The van der Waals surface area contributed by atoms with Gasteiger partial charge in [0.15, 0.2) is 11.5 Å². The fourth-order valence-electron chi connectivity index (χ4n) is 3.28. The van der Waals surface area contributed by atoms with Crippen molar-refractivity contribution in [2.45, 2.75) is 32.2 Å². The van der Waals surface area contributed by atoms with E-state index in [2.05, 4.69) is 6.58 Å². The third-order valence-electron chi connectivity index (χ3n) is 4.66. The first-order valence-electron chi connectivity index (χ1n) is 8.42. The average Bonchev–Trinajstić information content (AvgIpc) is 2.60. The van der Waals surface area contributed by atoms with Crippen LogP contribution in [-0.2, 0) is 6.42 Å². The molecule has 5 nitrogen and oxygen atoms in total. The number of hydrogen-bond acceptors (Lipinski definition) is 4. The summed E-state index contributed by atoms with van der Waals surface area (Å²) in [5.74, 6) is 1.60. The van der Waals surface area contributed by atoms with E-state index in [4.69, 9.17) is 15.2 Å². The van der Waals surface area contributed by atoms with Gasteiger partial charge in [0, 0.05) is 30.3 Å². The molecule has 0 bridgehead atoms. The second-order valence-corrected chi connectivity index (χ2v) is 6.38. The number of allylic oxidation sites excluding steroid dienone is 1. The highest BCUT2D eigenvalue weighted by Crippen LogP contribution is 2.34. The fourth-order valence-corrected chi connectivity index (χ4v) is 3.28. The standard InChI is InChI=1S/C19H28N2O3/c1-5-7-14-10-16(11-17(23-3)18(14)24-4)19(22)21-9-6-8-15(12-21)13(2)20/h5,10-11,13,15H,1,6-9,12,20H2,2-4H3. The molecule has 2 N–H and O–H groups in total. The number of benzene rings is 1. The third kappa shape index (κ3) is 3.90. The lowest BCUT2D eigenvalue weighted by Gasteiger charge is -2.34. The zero-order valence-electron chi connectivity index (χ0n) is 14.9. The van der Waals surface area contributed by atoms with Crippen molar-refractivity contribution in [2.24, 2.45) is 11.7 Å². The Labute approximate surface area is 144 Å². The van der Waals surface area contributed by atoms with E-state index in [1.54, 1.807) is 26.4 Å². The van der Waals surface area contributed by atoms with Crippen LogP contribution in [0.15, 0.2) is 24.8 Å². The molecule has 1 aromatic rings. The van der Waals surface area contributed by atoms with Gasteiger partial charge in [0.1, 0.15) is 0 Å². The topological polar surface area (TPSA) is 64.8 Å². The minimum absolute atomic E-state index is 0.0200. The lowest BCUT2D eigenvalue weighted by atomic mass is 9.91. The van der Waals surface area contributed by atoms with Gasteiger partial charge in [-0.15, -0.1) is 6.58 Å². The van der Waals surface area contributed by atoms with Gasteiger partial charge in [-0.05, 0) is 44.2 Å². The summed E-state index contributed by atoms with van der Waals surface area (Å²) < 4.78 is 10.8. The molecule has 0 saturated carbocycles. The van der Waals surface area contributed by atoms with Crippen molar-refractivity contribution in [3.63, 3.8) is 0 Å². The maximum Gasteiger partial charge on any atom is 0.254 e. The SMILES string of the molecule is C=CCc1cc(C(=O)N2CCCC(C(C)N)C2)cc(OC)c1OC. The molecule has 1 saturated heterocycles. The first kappa shape index (κ1) is 18.3. The van der Waals surface area contributed by atoms with E-state index in [1.165, 1.54) is 0 Å². The number of nitrogens with zero attached hydrogens (tertiary/aromatic N) is 1. The second kappa shape index (κ2) is 8.20. The van der Waals surface area contributed by atoms with E-state index in [9.17, 15) is 4.79 Å². The van der Waals surface area contributed by atoms with Crippen molar-refractivity contribution in [3.05, 3.63) is 35.9 Å². The largest absolute Gasteiger partial charge is 0.493 e. The van der Waals surface area contributed by atoms with Crippen molar-refractivity contribution < 1.29 is 14.3 Å². The molecule has 5 heteroatoms. The monoisotopic (exact) mass is 332 g/mol. The van der Waals surface area contributed by atoms with Crippen molar-refractivity contribution >= 4 is 5.91 Å². The van der Waals surface area contributed by atoms with Crippen LogP contribution < -0.4 is 15.2 Å². The molecule has 0 aliphatic carbocycles. The predicted octanol–water partition coefficient (Wildman–Crippen LogP) is 2.63. The van der Waals surface area contributed by atoms with E-state index in [0.29, 0.717) is 35.9 Å². The van der Waals surface area contributed by atoms with Gasteiger partial charge in [-0.1, -0.05) is 6.08 Å². The molecule has 2 unspecified atom stereocenters. The number of likely N-dealkylation sites (tertiary alicyclic amines) is 1. The van der Waals surface area contributed by atoms with E-state index in [1.807, 2.05) is 17.9 Å². The van der Waals surface area contributed by atoms with Gasteiger partial charge >= 0.3 is 0 Å². The molecule has 0 radical (unpaired) electrons. The Morgan fingerprint density at radius 3 is 2.79 bits per heavy atom. The quantitative estimate of drug-likeness (QED) is 0.813. The van der Waals surface area contributed by atoms with Gasteiger partial charge in [0.05, 0.1) is 14.2 Å². The number of amides is 1. The normalized spacial score (nSPS) is 18.8. The lowest BCUT2D eigenvalue weighted by molar-refractivity contribution is 0.0660. The van der Waals surface area contributed by atoms with Gasteiger partial charge in [0.2, 0.25) is 0 Å². The summed E-state index contributed by atoms with van der Waals surface area (Å²) in [6.07, 6.45) is 4.47. The number of hydrogen-bond donors (Lipinski definition) is 1. The molecule has 1 heterocycles. The highest BCUT2D eigenvalue weighted by Gasteiger charge is 2.27. The van der Waals surface area contributed by atoms with Crippen molar-refractivity contribution in [3.8, 4) is 11.5 Å². The first-order chi connectivity index (χ1) is 11.5. The van der Waals surface area contributed by atoms with Gasteiger partial charge < -0.3 is 20.1 Å². The van der Waals surface area contributed by atoms with Crippen molar-refractivity contribution in [1.29, 1.82) is 0 Å². The smallest absolute Gasteiger partial charge is 0.254 e. The summed E-state index contributed by atoms with van der Waals surface area (Å²) >= 11 is 0. The van der Waals surface area contributed by atoms with Crippen LogP contribution in [0.5, 0.6) is 11.5 Å². The Bertz CT molecular complexity index is 599. The van der Waals surface area contributed by atoms with Gasteiger partial charge in [-0.2, -0.15) is 0 Å². The number of nitrogens with two attached hydrogens (primary N) is 1. The van der Waals surface area contributed by atoms with Crippen LogP contribution in [0.25, 0.3) is 0 Å². The maximum atomic E-state index is 13.0. The third-order valence-corrected chi connectivity index (χ3v) is 4.66. The molecule has 1 amide bonds. The average molecular weight is 332 g/mol. The molecule has 2 atom stereocenters. The molecule has 1 fully saturated rings. The highest BCUT2D eigenvalue weighted by atomic mass is 16.5. The Balaban J connectivity index is 2.31. The molecule has 0 aromatic heterocycles. The van der Waals surface area contributed by atoms with Crippen LogP contribution in [0.3, 0.4) is 0 Å². The van der Waals surface area contributed by atoms with Crippen LogP contribution in [0.4, 0.5) is 0 Å². The number of carbonyl (C=O) groups is 1. The van der Waals surface area contributed by atoms with Crippen LogP contribution >= 0.6 is 0 Å². The van der Waals surface area contributed by atoms with Crippen molar-refractivity contribution in [1.82, 2.24) is 4.90 Å². The summed E-state index contributed by atoms with van der Waals surface area (Å²) in [7, 11) is 3.18. The minimum atomic E-state index is 0.0200. The zero-order valence-corrected chi connectivity index (χ0v) is 14.9. The molecular weight excluding hydrogens is 304 g/mol. The Kier molecular flexibility index (Phi) is 6.26. The molecular formula is C19H28N2O3. The summed E-state index contributed by atoms with van der Waals surface area (Å²) in [5.41, 5.74) is 7.55. The number of ether oxygens (including phenoxy) is 2. The van der Waals surface area contributed by atoms with E-state index < -0.39 is 0 Å². The Hall–Kier alpha value is -2.01. The Morgan fingerprint density at radius 1 is 1.46 bits per heavy atom. The summed E-state index contributed by atoms with van der Waals surface area (Å²) in [6.45, 7) is 7.27. The maximum absolute atomic E-state index is 13.0. The first-order valence-corrected chi connectivity index (χ1v) is 8.42. The number of rotatable bonds is 6. The second-order valence-electron chi connectivity index (χ2n) is 6.38. The molecule has 2 rings (SSSR count). The van der Waals surface area contributed by atoms with Crippen LogP contribution in [0, 0.1) is 5.92 Å². The van der Waals surface area contributed by atoms with Crippen LogP contribution in [-0.4, -0.2) is 44.2 Å². The molecule has 24 heavy (non-hydrogen) atoms. The summed E-state index contributed by atoms with van der Waals surface area (Å²) in [5, 5.41) is 0. The van der Waals surface area contributed by atoms with Crippen LogP contribution in [0.1, 0.15) is 35.7 Å². The van der Waals surface area contributed by atoms with Crippen LogP contribution in [0.2, 0.25) is 0 Å². The van der Waals surface area contributed by atoms with E-state index in [0.717, 1.165) is 24.9 Å². The molecule has 1 aliphatic rings. The van der Waals surface area contributed by atoms with E-state index in [-0.39, 0.29) is 11.9 Å². The number of piperidine rings is 1. The number of methoxy groups -OCH3 is 2. The fraction of sp³-hybridized carbons (Fsp3) is 0.526. The predicted molar refractivity (Wildman–Crippen MR) is 95.7 cm³/mol. The van der Waals surface area contributed by atoms with Gasteiger partial charge in [-0.3, -0.25) is 4.79 Å². The Morgan fingerprint density at radius 2 is 2.21 bits per heavy atom. The zero-order chi connectivity index (χ0) is 17.7. The number of carbonyl (C=O) groups excluding carboxylic acids is 1. The summed E-state index contributed by atoms with van der Waals surface area (Å²) in [6, 6.07) is 3.73. The highest BCUT2D eigenvalue weighted by molar-refractivity contribution is 5.95. The molecule has 132 valence electrons. The van der Waals surface area contributed by atoms with Gasteiger partial charge in [0.25, 0.3) is 5.91 Å². The molecule has 0 spiro atoms. The minimum Gasteiger partial charge on any atom is -0.493 e. The van der Waals surface area contributed by atoms with Crippen molar-refractivity contribution in [2.75, 3.05) is 27.3 Å². The van der Waals surface area contributed by atoms with E-state index >= 15 is 0 Å². The molecule has 1 aliphatic heterocycles. The van der Waals surface area contributed by atoms with Gasteiger partial charge in [-0.25, -0.2) is 0 Å².